The predicted molar refractivity (Wildman–Crippen MR) is 69.1 cm³/mol. The average molecular weight is 275 g/mol. The van der Waals surface area contributed by atoms with Crippen molar-refractivity contribution in [3.63, 3.8) is 0 Å². The van der Waals surface area contributed by atoms with Gasteiger partial charge < -0.3 is 0 Å². The second-order valence-electron chi connectivity index (χ2n) is 4.70. The first kappa shape index (κ1) is 14.2. The van der Waals surface area contributed by atoms with Gasteiger partial charge in [0.15, 0.2) is 20.3 Å². The number of benzene rings is 1. The van der Waals surface area contributed by atoms with Crippen molar-refractivity contribution in [2.24, 2.45) is 0 Å². The third-order valence-corrected chi connectivity index (χ3v) is 5.76. The monoisotopic (exact) mass is 274 g/mol. The maximum absolute atomic E-state index is 12.0. The van der Waals surface area contributed by atoms with Crippen molar-refractivity contribution in [1.82, 2.24) is 0 Å². The molecule has 0 fully saturated rings. The summed E-state index contributed by atoms with van der Waals surface area (Å²) in [5.74, 6) is -0.581. The van der Waals surface area contributed by atoms with Gasteiger partial charge in [-0.2, -0.15) is 0 Å². The Morgan fingerprint density at radius 1 is 1.18 bits per heavy atom. The van der Waals surface area contributed by atoms with Crippen LogP contribution in [-0.4, -0.2) is 23.7 Å². The molecule has 0 spiro atoms. The molecule has 0 aliphatic rings. The van der Waals surface area contributed by atoms with Gasteiger partial charge in [0, 0.05) is 5.56 Å². The summed E-state index contributed by atoms with van der Waals surface area (Å²) in [5.41, 5.74) is 0.306. The molecule has 0 bridgehead atoms. The Bertz CT molecular complexity index is 500. The molecule has 1 aromatic rings. The summed E-state index contributed by atoms with van der Waals surface area (Å²) in [6, 6.07) is 8.19. The zero-order chi connectivity index (χ0) is 13.3. The van der Waals surface area contributed by atoms with E-state index in [1.54, 1.807) is 30.3 Å². The highest BCUT2D eigenvalue weighted by molar-refractivity contribution is 7.95. The molecule has 94 valence electrons. The van der Waals surface area contributed by atoms with E-state index in [2.05, 4.69) is 0 Å². The summed E-state index contributed by atoms with van der Waals surface area (Å²) in [7, 11) is -3.71. The number of Topliss-reactive ketones (excluding diaryl/α,β-unsaturated/α-hetero) is 1. The molecule has 0 aliphatic heterocycles. The van der Waals surface area contributed by atoms with Crippen LogP contribution < -0.4 is 0 Å². The van der Waals surface area contributed by atoms with Crippen molar-refractivity contribution in [2.75, 3.05) is 0 Å². The minimum absolute atomic E-state index is 0.306. The molecule has 0 N–H and O–H groups in total. The van der Waals surface area contributed by atoms with Crippen molar-refractivity contribution < 1.29 is 13.2 Å². The Kier molecular flexibility index (Phi) is 3.99. The van der Waals surface area contributed by atoms with E-state index in [1.165, 1.54) is 20.8 Å². The molecule has 1 aromatic carbocycles. The van der Waals surface area contributed by atoms with Gasteiger partial charge in [0.05, 0.1) is 4.75 Å². The first-order chi connectivity index (χ1) is 7.68. The second kappa shape index (κ2) is 4.78. The van der Waals surface area contributed by atoms with Crippen LogP contribution in [0.4, 0.5) is 0 Å². The van der Waals surface area contributed by atoms with Crippen LogP contribution in [0.15, 0.2) is 30.3 Å². The quantitative estimate of drug-likeness (QED) is 0.629. The molecular formula is C12H15ClO3S. The number of sulfone groups is 1. The van der Waals surface area contributed by atoms with Crippen molar-refractivity contribution in [2.45, 2.75) is 30.2 Å². The molecule has 0 amide bonds. The highest BCUT2D eigenvalue weighted by Gasteiger charge is 2.40. The van der Waals surface area contributed by atoms with Gasteiger partial charge in [-0.25, -0.2) is 8.42 Å². The van der Waals surface area contributed by atoms with Gasteiger partial charge in [0.2, 0.25) is 0 Å². The molecule has 5 heteroatoms. The van der Waals surface area contributed by atoms with Gasteiger partial charge >= 0.3 is 0 Å². The van der Waals surface area contributed by atoms with Crippen LogP contribution in [0.25, 0.3) is 0 Å². The first-order valence-electron chi connectivity index (χ1n) is 5.14. The topological polar surface area (TPSA) is 51.2 Å². The molecule has 1 unspecified atom stereocenters. The van der Waals surface area contributed by atoms with E-state index in [4.69, 9.17) is 11.6 Å². The SMILES string of the molecule is CC(C)(C)S(=O)(=O)C(Cl)C(=O)c1ccccc1. The molecule has 1 atom stereocenters. The van der Waals surface area contributed by atoms with Crippen LogP contribution in [0.2, 0.25) is 0 Å². The fraction of sp³-hybridized carbons (Fsp3) is 0.417. The highest BCUT2D eigenvalue weighted by atomic mass is 35.5. The van der Waals surface area contributed by atoms with Gasteiger partial charge in [-0.05, 0) is 20.8 Å². The first-order valence-corrected chi connectivity index (χ1v) is 7.13. The van der Waals surface area contributed by atoms with Crippen LogP contribution in [-0.2, 0) is 9.84 Å². The molecule has 0 saturated heterocycles. The molecule has 0 heterocycles. The maximum atomic E-state index is 12.0. The van der Waals surface area contributed by atoms with Crippen molar-refractivity contribution in [3.8, 4) is 0 Å². The van der Waals surface area contributed by atoms with Crippen LogP contribution >= 0.6 is 11.6 Å². The standard InChI is InChI=1S/C12H15ClO3S/c1-12(2,3)17(15,16)11(13)10(14)9-7-5-4-6-8-9/h4-8,11H,1-3H3. The van der Waals surface area contributed by atoms with Crippen LogP contribution in [0.5, 0.6) is 0 Å². The fourth-order valence-corrected chi connectivity index (χ4v) is 3.15. The molecule has 0 aromatic heterocycles. The number of rotatable bonds is 3. The number of hydrogen-bond donors (Lipinski definition) is 0. The lowest BCUT2D eigenvalue weighted by atomic mass is 10.1. The van der Waals surface area contributed by atoms with Crippen molar-refractivity contribution in [1.29, 1.82) is 0 Å². The molecular weight excluding hydrogens is 260 g/mol. The van der Waals surface area contributed by atoms with E-state index in [1.807, 2.05) is 0 Å². The number of ketones is 1. The summed E-state index contributed by atoms with van der Waals surface area (Å²) < 4.78 is 21.4. The summed E-state index contributed by atoms with van der Waals surface area (Å²) in [6.07, 6.45) is 0. The van der Waals surface area contributed by atoms with E-state index in [0.29, 0.717) is 5.56 Å². The smallest absolute Gasteiger partial charge is 0.198 e. The van der Waals surface area contributed by atoms with Crippen molar-refractivity contribution in [3.05, 3.63) is 35.9 Å². The Labute approximate surface area is 107 Å². The Hall–Kier alpha value is -0.870. The lowest BCUT2D eigenvalue weighted by Crippen LogP contribution is -2.38. The Balaban J connectivity index is 3.09. The molecule has 17 heavy (non-hydrogen) atoms. The molecule has 0 saturated carbocycles. The second-order valence-corrected chi connectivity index (χ2v) is 8.19. The zero-order valence-corrected chi connectivity index (χ0v) is 11.5. The molecule has 3 nitrogen and oxygen atoms in total. The van der Waals surface area contributed by atoms with E-state index in [-0.39, 0.29) is 0 Å². The lowest BCUT2D eigenvalue weighted by Gasteiger charge is -2.22. The number of hydrogen-bond acceptors (Lipinski definition) is 3. The molecule has 0 aliphatic carbocycles. The minimum Gasteiger partial charge on any atom is -0.291 e. The predicted octanol–water partition coefficient (Wildman–Crippen LogP) is 2.65. The summed E-state index contributed by atoms with van der Waals surface area (Å²) in [6.45, 7) is 4.57. The number of halogens is 1. The van der Waals surface area contributed by atoms with Crippen LogP contribution in [0, 0.1) is 0 Å². The van der Waals surface area contributed by atoms with Gasteiger partial charge in [0.25, 0.3) is 0 Å². The zero-order valence-electron chi connectivity index (χ0n) is 9.98. The third-order valence-electron chi connectivity index (χ3n) is 2.39. The largest absolute Gasteiger partial charge is 0.291 e. The summed E-state index contributed by atoms with van der Waals surface area (Å²) in [5, 5.41) is 0. The van der Waals surface area contributed by atoms with E-state index in [0.717, 1.165) is 0 Å². The fourth-order valence-electron chi connectivity index (χ4n) is 1.18. The van der Waals surface area contributed by atoms with Crippen LogP contribution in [0.3, 0.4) is 0 Å². The van der Waals surface area contributed by atoms with Gasteiger partial charge in [0.1, 0.15) is 0 Å². The normalized spacial score (nSPS) is 14.4. The maximum Gasteiger partial charge on any atom is 0.198 e. The van der Waals surface area contributed by atoms with E-state index >= 15 is 0 Å². The highest BCUT2D eigenvalue weighted by Crippen LogP contribution is 2.25. The third kappa shape index (κ3) is 2.87. The number of carbonyl (C=O) groups excluding carboxylic acids is 1. The van der Waals surface area contributed by atoms with Crippen molar-refractivity contribution >= 4 is 27.2 Å². The summed E-state index contributed by atoms with van der Waals surface area (Å²) in [4.78, 5) is 11.9. The van der Waals surface area contributed by atoms with E-state index in [9.17, 15) is 13.2 Å². The van der Waals surface area contributed by atoms with E-state index < -0.39 is 25.1 Å². The Morgan fingerprint density at radius 2 is 1.65 bits per heavy atom. The number of alkyl halides is 1. The van der Waals surface area contributed by atoms with Gasteiger partial charge in [-0.15, -0.1) is 0 Å². The molecule has 1 rings (SSSR count). The van der Waals surface area contributed by atoms with Crippen LogP contribution in [0.1, 0.15) is 31.1 Å². The van der Waals surface area contributed by atoms with Gasteiger partial charge in [-0.1, -0.05) is 41.9 Å². The average Bonchev–Trinajstić information content (AvgIpc) is 2.26. The molecule has 0 radical (unpaired) electrons. The minimum atomic E-state index is -3.71. The lowest BCUT2D eigenvalue weighted by molar-refractivity contribution is 0.101. The van der Waals surface area contributed by atoms with Gasteiger partial charge in [-0.3, -0.25) is 4.79 Å². The number of carbonyl (C=O) groups is 1. The summed E-state index contributed by atoms with van der Waals surface area (Å²) >= 11 is 5.80. The Morgan fingerprint density at radius 3 is 2.06 bits per heavy atom.